The molecule has 1 aliphatic heterocycles. The zero-order valence-corrected chi connectivity index (χ0v) is 15.9. The maximum Gasteiger partial charge on any atom is 0.265 e. The minimum absolute atomic E-state index is 0.0207. The molecule has 0 radical (unpaired) electrons. The molecule has 0 unspecified atom stereocenters. The van der Waals surface area contributed by atoms with Crippen LogP contribution in [0, 0.1) is 0 Å². The fourth-order valence-corrected chi connectivity index (χ4v) is 3.45. The predicted octanol–water partition coefficient (Wildman–Crippen LogP) is 3.58. The highest BCUT2D eigenvalue weighted by atomic mass is 16.5. The first-order valence-electron chi connectivity index (χ1n) is 9.53. The third-order valence-electron chi connectivity index (χ3n) is 4.89. The van der Waals surface area contributed by atoms with Crippen molar-refractivity contribution in [3.63, 3.8) is 0 Å². The molecule has 2 amide bonds. The zero-order chi connectivity index (χ0) is 20.5. The van der Waals surface area contributed by atoms with Crippen LogP contribution in [0.3, 0.4) is 0 Å². The Hall–Kier alpha value is -4.07. The SMILES string of the molecule is O=C(CCN1C(=O)COc2ccccc21)Nc1ccc2nc(-c3ccco3)[nH]c2c1. The van der Waals surface area contributed by atoms with Crippen molar-refractivity contribution in [2.24, 2.45) is 0 Å². The molecule has 2 aromatic carbocycles. The molecule has 1 aliphatic rings. The number of imidazole rings is 1. The smallest absolute Gasteiger partial charge is 0.265 e. The Morgan fingerprint density at radius 3 is 2.93 bits per heavy atom. The molecule has 0 atom stereocenters. The van der Waals surface area contributed by atoms with E-state index in [4.69, 9.17) is 9.15 Å². The number of rotatable bonds is 5. The van der Waals surface area contributed by atoms with Gasteiger partial charge >= 0.3 is 0 Å². The summed E-state index contributed by atoms with van der Waals surface area (Å²) in [6.45, 7) is 0.257. The van der Waals surface area contributed by atoms with Crippen LogP contribution in [0.4, 0.5) is 11.4 Å². The van der Waals surface area contributed by atoms with Gasteiger partial charge in [-0.2, -0.15) is 0 Å². The van der Waals surface area contributed by atoms with Crippen LogP contribution >= 0.6 is 0 Å². The molecule has 0 aliphatic carbocycles. The molecule has 0 saturated heterocycles. The van der Waals surface area contributed by atoms with Gasteiger partial charge in [0, 0.05) is 18.7 Å². The number of para-hydroxylation sites is 2. The number of nitrogens with one attached hydrogen (secondary N) is 2. The second-order valence-electron chi connectivity index (χ2n) is 6.89. The summed E-state index contributed by atoms with van der Waals surface area (Å²) in [6.07, 6.45) is 1.75. The lowest BCUT2D eigenvalue weighted by molar-refractivity contribution is -0.121. The second-order valence-corrected chi connectivity index (χ2v) is 6.89. The quantitative estimate of drug-likeness (QED) is 0.531. The fraction of sp³-hybridized carbons (Fsp3) is 0.136. The van der Waals surface area contributed by atoms with Gasteiger partial charge in [-0.1, -0.05) is 12.1 Å². The summed E-state index contributed by atoms with van der Waals surface area (Å²) in [5.74, 6) is 1.58. The number of furan rings is 1. The van der Waals surface area contributed by atoms with Crippen molar-refractivity contribution < 1.29 is 18.7 Å². The highest BCUT2D eigenvalue weighted by molar-refractivity contribution is 5.99. The first-order valence-corrected chi connectivity index (χ1v) is 9.53. The van der Waals surface area contributed by atoms with E-state index in [1.54, 1.807) is 23.3 Å². The lowest BCUT2D eigenvalue weighted by atomic mass is 10.2. The molecule has 0 bridgehead atoms. The van der Waals surface area contributed by atoms with Gasteiger partial charge in [0.1, 0.15) is 5.75 Å². The average molecular weight is 402 g/mol. The number of carbonyl (C=O) groups is 2. The van der Waals surface area contributed by atoms with Crippen LogP contribution in [0.25, 0.3) is 22.6 Å². The summed E-state index contributed by atoms with van der Waals surface area (Å²) in [6, 6.07) is 16.4. The summed E-state index contributed by atoms with van der Waals surface area (Å²) < 4.78 is 10.8. The van der Waals surface area contributed by atoms with E-state index in [0.717, 1.165) is 11.0 Å². The maximum atomic E-state index is 12.5. The van der Waals surface area contributed by atoms with E-state index >= 15 is 0 Å². The van der Waals surface area contributed by atoms with E-state index in [1.807, 2.05) is 42.5 Å². The van der Waals surface area contributed by atoms with Crippen LogP contribution in [-0.4, -0.2) is 34.9 Å². The van der Waals surface area contributed by atoms with E-state index < -0.39 is 0 Å². The minimum Gasteiger partial charge on any atom is -0.482 e. The normalized spacial score (nSPS) is 13.2. The Bertz CT molecular complexity index is 1230. The number of amides is 2. The summed E-state index contributed by atoms with van der Waals surface area (Å²) in [4.78, 5) is 34.0. The van der Waals surface area contributed by atoms with Crippen molar-refractivity contribution in [2.45, 2.75) is 6.42 Å². The van der Waals surface area contributed by atoms with E-state index in [-0.39, 0.29) is 31.4 Å². The van der Waals surface area contributed by atoms with Crippen molar-refractivity contribution in [1.29, 1.82) is 0 Å². The minimum atomic E-state index is -0.183. The summed E-state index contributed by atoms with van der Waals surface area (Å²) in [5.41, 5.74) is 2.90. The summed E-state index contributed by atoms with van der Waals surface area (Å²) in [5, 5.41) is 2.88. The van der Waals surface area contributed by atoms with Gasteiger partial charge in [-0.05, 0) is 42.5 Å². The molecule has 150 valence electrons. The first-order chi connectivity index (χ1) is 14.7. The molecule has 4 aromatic rings. The van der Waals surface area contributed by atoms with Gasteiger partial charge in [0.2, 0.25) is 5.91 Å². The molecule has 2 N–H and O–H groups in total. The van der Waals surface area contributed by atoms with E-state index in [9.17, 15) is 9.59 Å². The number of H-pyrrole nitrogens is 1. The standard InChI is InChI=1S/C22H18N4O4/c27-20(9-10-26-17-4-1-2-5-18(17)30-13-21(26)28)23-14-7-8-15-16(12-14)25-22(24-15)19-6-3-11-29-19/h1-8,11-12H,9-10,13H2,(H,23,27)(H,24,25). The lowest BCUT2D eigenvalue weighted by Gasteiger charge is -2.29. The predicted molar refractivity (Wildman–Crippen MR) is 111 cm³/mol. The summed E-state index contributed by atoms with van der Waals surface area (Å²) in [7, 11) is 0. The van der Waals surface area contributed by atoms with Gasteiger partial charge in [-0.3, -0.25) is 9.59 Å². The zero-order valence-electron chi connectivity index (χ0n) is 15.9. The largest absolute Gasteiger partial charge is 0.482 e. The summed E-state index contributed by atoms with van der Waals surface area (Å²) >= 11 is 0. The Labute approximate surface area is 171 Å². The van der Waals surface area contributed by atoms with Crippen LogP contribution in [0.1, 0.15) is 6.42 Å². The van der Waals surface area contributed by atoms with Crippen LogP contribution in [0.5, 0.6) is 5.75 Å². The van der Waals surface area contributed by atoms with Crippen molar-refractivity contribution >= 4 is 34.2 Å². The molecule has 30 heavy (non-hydrogen) atoms. The fourth-order valence-electron chi connectivity index (χ4n) is 3.45. The van der Waals surface area contributed by atoms with E-state index in [1.165, 1.54) is 0 Å². The molecular formula is C22H18N4O4. The van der Waals surface area contributed by atoms with Gasteiger partial charge in [0.05, 0.1) is 23.0 Å². The number of hydrogen-bond donors (Lipinski definition) is 2. The molecule has 5 rings (SSSR count). The third kappa shape index (κ3) is 3.39. The number of aromatic amines is 1. The molecule has 8 nitrogen and oxygen atoms in total. The number of benzene rings is 2. The van der Waals surface area contributed by atoms with E-state index in [0.29, 0.717) is 28.7 Å². The Balaban J connectivity index is 1.27. The molecular weight excluding hydrogens is 384 g/mol. The number of carbonyl (C=O) groups excluding carboxylic acids is 2. The van der Waals surface area contributed by atoms with Crippen LogP contribution in [0.2, 0.25) is 0 Å². The number of hydrogen-bond acceptors (Lipinski definition) is 5. The number of ether oxygens (including phenoxy) is 1. The van der Waals surface area contributed by atoms with Gasteiger partial charge in [-0.15, -0.1) is 0 Å². The molecule has 3 heterocycles. The van der Waals surface area contributed by atoms with Crippen molar-refractivity contribution in [3.8, 4) is 17.3 Å². The van der Waals surface area contributed by atoms with Crippen LogP contribution in [0.15, 0.2) is 65.3 Å². The van der Waals surface area contributed by atoms with Crippen LogP contribution in [-0.2, 0) is 9.59 Å². The van der Waals surface area contributed by atoms with Crippen molar-refractivity contribution in [2.75, 3.05) is 23.4 Å². The second kappa shape index (κ2) is 7.40. The Morgan fingerprint density at radius 2 is 2.07 bits per heavy atom. The average Bonchev–Trinajstić information content (AvgIpc) is 3.42. The molecule has 8 heteroatoms. The van der Waals surface area contributed by atoms with Gasteiger partial charge in [0.25, 0.3) is 5.91 Å². The molecule has 0 spiro atoms. The van der Waals surface area contributed by atoms with Crippen LogP contribution < -0.4 is 15.0 Å². The lowest BCUT2D eigenvalue weighted by Crippen LogP contribution is -2.40. The molecule has 0 fully saturated rings. The number of anilines is 2. The number of fused-ring (bicyclic) bond motifs is 2. The Morgan fingerprint density at radius 1 is 1.17 bits per heavy atom. The van der Waals surface area contributed by atoms with Gasteiger partial charge in [-0.25, -0.2) is 4.98 Å². The number of aromatic nitrogens is 2. The van der Waals surface area contributed by atoms with Gasteiger partial charge in [0.15, 0.2) is 18.2 Å². The van der Waals surface area contributed by atoms with E-state index in [2.05, 4.69) is 15.3 Å². The van der Waals surface area contributed by atoms with Crippen molar-refractivity contribution in [3.05, 3.63) is 60.9 Å². The monoisotopic (exact) mass is 402 g/mol. The highest BCUT2D eigenvalue weighted by Crippen LogP contribution is 2.31. The van der Waals surface area contributed by atoms with Crippen molar-refractivity contribution in [1.82, 2.24) is 9.97 Å². The highest BCUT2D eigenvalue weighted by Gasteiger charge is 2.25. The maximum absolute atomic E-state index is 12.5. The van der Waals surface area contributed by atoms with Gasteiger partial charge < -0.3 is 24.4 Å². The molecule has 0 saturated carbocycles. The molecule has 2 aromatic heterocycles. The Kier molecular flexibility index (Phi) is 4.44. The number of nitrogens with zero attached hydrogens (tertiary/aromatic N) is 2. The first kappa shape index (κ1) is 18.0. The third-order valence-corrected chi connectivity index (χ3v) is 4.89. The topological polar surface area (TPSA) is 100 Å².